The molecule has 0 atom stereocenters. The molecule has 4 aromatic rings. The highest BCUT2D eigenvalue weighted by Crippen LogP contribution is 2.30. The summed E-state index contributed by atoms with van der Waals surface area (Å²) in [6, 6.07) is 18.6. The molecule has 3 heterocycles. The molecule has 0 saturated carbocycles. The van der Waals surface area contributed by atoms with E-state index in [0.29, 0.717) is 17.2 Å². The number of H-pyrrole nitrogens is 1. The number of benzene rings is 2. The van der Waals surface area contributed by atoms with Gasteiger partial charge >= 0.3 is 0 Å². The van der Waals surface area contributed by atoms with Crippen molar-refractivity contribution >= 4 is 28.2 Å². The van der Waals surface area contributed by atoms with Crippen LogP contribution >= 0.6 is 0 Å². The number of likely N-dealkylation sites (N-methyl/N-ethyl adjacent to an activating group) is 1. The maximum Gasteiger partial charge on any atom is 0.227 e. The second kappa shape index (κ2) is 8.69. The number of nitrogens with zero attached hydrogens (tertiary/aromatic N) is 5. The van der Waals surface area contributed by atoms with E-state index in [-0.39, 0.29) is 0 Å². The standard InChI is InChI=1S/C25H25N7/c1-2-31-11-13-32(14-12-31)20-9-7-19(8-10-20)29-25-28-16-18(15-26)24(30-25)22-17-27-23-6-4-3-5-21(22)23/h3-10,16-17,27H,2,11-14H2,1H3,(H,28,29,30). The van der Waals surface area contributed by atoms with Gasteiger partial charge in [-0.1, -0.05) is 25.1 Å². The lowest BCUT2D eigenvalue weighted by Gasteiger charge is -2.35. The summed E-state index contributed by atoms with van der Waals surface area (Å²) in [4.78, 5) is 17.2. The van der Waals surface area contributed by atoms with E-state index in [4.69, 9.17) is 0 Å². The first-order valence-corrected chi connectivity index (χ1v) is 10.9. The zero-order chi connectivity index (χ0) is 21.9. The number of hydrogen-bond donors (Lipinski definition) is 2. The third-order valence-electron chi connectivity index (χ3n) is 6.06. The van der Waals surface area contributed by atoms with Gasteiger partial charge in [0.2, 0.25) is 5.95 Å². The topological polar surface area (TPSA) is 83.9 Å². The highest BCUT2D eigenvalue weighted by Gasteiger charge is 2.16. The van der Waals surface area contributed by atoms with Crippen molar-refractivity contribution in [3.63, 3.8) is 0 Å². The van der Waals surface area contributed by atoms with E-state index in [2.05, 4.69) is 67.3 Å². The van der Waals surface area contributed by atoms with Crippen molar-refractivity contribution in [3.05, 3.63) is 66.5 Å². The highest BCUT2D eigenvalue weighted by molar-refractivity contribution is 5.95. The molecule has 0 radical (unpaired) electrons. The van der Waals surface area contributed by atoms with Crippen LogP contribution in [0.5, 0.6) is 0 Å². The number of fused-ring (bicyclic) bond motifs is 1. The summed E-state index contributed by atoms with van der Waals surface area (Å²) >= 11 is 0. The summed E-state index contributed by atoms with van der Waals surface area (Å²) in [5, 5.41) is 13.9. The van der Waals surface area contributed by atoms with Crippen molar-refractivity contribution in [3.8, 4) is 17.3 Å². The summed E-state index contributed by atoms with van der Waals surface area (Å²) in [7, 11) is 0. The van der Waals surface area contributed by atoms with Gasteiger partial charge in [0.05, 0.1) is 17.5 Å². The summed E-state index contributed by atoms with van der Waals surface area (Å²) < 4.78 is 0. The minimum absolute atomic E-state index is 0.446. The van der Waals surface area contributed by atoms with Crippen LogP contribution in [0.3, 0.4) is 0 Å². The molecule has 2 aromatic heterocycles. The quantitative estimate of drug-likeness (QED) is 0.496. The van der Waals surface area contributed by atoms with Crippen LogP contribution in [0.25, 0.3) is 22.2 Å². The molecule has 0 bridgehead atoms. The molecule has 160 valence electrons. The number of hydrogen-bond acceptors (Lipinski definition) is 6. The van der Waals surface area contributed by atoms with E-state index < -0.39 is 0 Å². The second-order valence-corrected chi connectivity index (χ2v) is 7.91. The molecule has 2 N–H and O–H groups in total. The van der Waals surface area contributed by atoms with E-state index >= 15 is 0 Å². The molecule has 7 heteroatoms. The van der Waals surface area contributed by atoms with E-state index in [1.165, 1.54) is 5.69 Å². The van der Waals surface area contributed by atoms with Crippen LogP contribution < -0.4 is 10.2 Å². The number of piperazine rings is 1. The predicted octanol–water partition coefficient (Wildman–Crippen LogP) is 4.38. The first-order chi connectivity index (χ1) is 15.7. The van der Waals surface area contributed by atoms with Gasteiger partial charge in [0.1, 0.15) is 6.07 Å². The van der Waals surface area contributed by atoms with Gasteiger partial charge in [-0.25, -0.2) is 9.97 Å². The SMILES string of the molecule is CCN1CCN(c2ccc(Nc3ncc(C#N)c(-c4c[nH]c5ccccc45)n3)cc2)CC1. The molecule has 1 aliphatic rings. The molecular weight excluding hydrogens is 398 g/mol. The molecule has 2 aromatic carbocycles. The summed E-state index contributed by atoms with van der Waals surface area (Å²) in [5.41, 5.74) is 5.11. The van der Waals surface area contributed by atoms with Crippen LogP contribution in [-0.4, -0.2) is 52.6 Å². The number of rotatable bonds is 5. The molecule has 1 fully saturated rings. The number of nitriles is 1. The van der Waals surface area contributed by atoms with Crippen molar-refractivity contribution in [1.82, 2.24) is 19.9 Å². The molecule has 1 saturated heterocycles. The van der Waals surface area contributed by atoms with Crippen molar-refractivity contribution < 1.29 is 0 Å². The lowest BCUT2D eigenvalue weighted by atomic mass is 10.1. The second-order valence-electron chi connectivity index (χ2n) is 7.91. The Kier molecular flexibility index (Phi) is 5.44. The third kappa shape index (κ3) is 3.88. The van der Waals surface area contributed by atoms with E-state index in [1.807, 2.05) is 30.5 Å². The molecular formula is C25H25N7. The van der Waals surface area contributed by atoms with Crippen LogP contribution in [0, 0.1) is 11.3 Å². The fourth-order valence-electron chi connectivity index (χ4n) is 4.20. The van der Waals surface area contributed by atoms with Gasteiger partial charge in [-0.2, -0.15) is 5.26 Å². The number of aromatic nitrogens is 3. The van der Waals surface area contributed by atoms with Crippen LogP contribution in [0.15, 0.2) is 60.9 Å². The smallest absolute Gasteiger partial charge is 0.227 e. The van der Waals surface area contributed by atoms with Crippen LogP contribution in [0.2, 0.25) is 0 Å². The van der Waals surface area contributed by atoms with Gasteiger partial charge in [0, 0.05) is 60.2 Å². The summed E-state index contributed by atoms with van der Waals surface area (Å²) in [6.07, 6.45) is 3.47. The minimum Gasteiger partial charge on any atom is -0.369 e. The third-order valence-corrected chi connectivity index (χ3v) is 6.06. The van der Waals surface area contributed by atoms with Gasteiger partial charge in [-0.05, 0) is 36.9 Å². The Balaban J connectivity index is 1.37. The Morgan fingerprint density at radius 2 is 1.84 bits per heavy atom. The zero-order valence-corrected chi connectivity index (χ0v) is 18.0. The average molecular weight is 424 g/mol. The molecule has 0 amide bonds. The maximum absolute atomic E-state index is 9.59. The first kappa shape index (κ1) is 20.0. The van der Waals surface area contributed by atoms with Gasteiger partial charge in [0.25, 0.3) is 0 Å². The van der Waals surface area contributed by atoms with Crippen molar-refractivity contribution in [1.29, 1.82) is 5.26 Å². The molecule has 0 spiro atoms. The van der Waals surface area contributed by atoms with Crippen molar-refractivity contribution in [2.75, 3.05) is 42.9 Å². The van der Waals surface area contributed by atoms with E-state index in [9.17, 15) is 5.26 Å². The predicted molar refractivity (Wildman–Crippen MR) is 128 cm³/mol. The highest BCUT2D eigenvalue weighted by atomic mass is 15.3. The number of anilines is 3. The zero-order valence-electron chi connectivity index (χ0n) is 18.0. The van der Waals surface area contributed by atoms with E-state index in [1.54, 1.807) is 6.20 Å². The van der Waals surface area contributed by atoms with Gasteiger partial charge in [-0.15, -0.1) is 0 Å². The van der Waals surface area contributed by atoms with Gasteiger partial charge in [0.15, 0.2) is 0 Å². The van der Waals surface area contributed by atoms with Crippen LogP contribution in [0.4, 0.5) is 17.3 Å². The largest absolute Gasteiger partial charge is 0.369 e. The number of para-hydroxylation sites is 1. The monoisotopic (exact) mass is 423 g/mol. The van der Waals surface area contributed by atoms with Gasteiger partial charge in [-0.3, -0.25) is 0 Å². The first-order valence-electron chi connectivity index (χ1n) is 10.9. The Bertz CT molecular complexity index is 1260. The molecule has 32 heavy (non-hydrogen) atoms. The van der Waals surface area contributed by atoms with Gasteiger partial charge < -0.3 is 20.1 Å². The lowest BCUT2D eigenvalue weighted by Crippen LogP contribution is -2.46. The van der Waals surface area contributed by atoms with Crippen LogP contribution in [-0.2, 0) is 0 Å². The minimum atomic E-state index is 0.446. The molecule has 0 unspecified atom stereocenters. The van der Waals surface area contributed by atoms with E-state index in [0.717, 1.165) is 54.9 Å². The summed E-state index contributed by atoms with van der Waals surface area (Å²) in [6.45, 7) is 7.63. The summed E-state index contributed by atoms with van der Waals surface area (Å²) in [5.74, 6) is 0.466. The lowest BCUT2D eigenvalue weighted by molar-refractivity contribution is 0.271. The number of aromatic amines is 1. The molecule has 0 aliphatic carbocycles. The Labute approximate surface area is 187 Å². The fourth-order valence-corrected chi connectivity index (χ4v) is 4.20. The molecule has 5 rings (SSSR count). The average Bonchev–Trinajstić information content (AvgIpc) is 3.29. The molecule has 7 nitrogen and oxygen atoms in total. The van der Waals surface area contributed by atoms with Crippen molar-refractivity contribution in [2.24, 2.45) is 0 Å². The normalized spacial score (nSPS) is 14.4. The Hall–Kier alpha value is -3.89. The van der Waals surface area contributed by atoms with Crippen LogP contribution in [0.1, 0.15) is 12.5 Å². The fraction of sp³-hybridized carbons (Fsp3) is 0.240. The maximum atomic E-state index is 9.59. The Morgan fingerprint density at radius 3 is 2.59 bits per heavy atom. The Morgan fingerprint density at radius 1 is 1.06 bits per heavy atom. The molecule has 1 aliphatic heterocycles. The van der Waals surface area contributed by atoms with Crippen molar-refractivity contribution in [2.45, 2.75) is 6.92 Å². The number of nitrogens with one attached hydrogen (secondary N) is 2.